The zero-order chi connectivity index (χ0) is 20.1. The van der Waals surface area contributed by atoms with Crippen LogP contribution in [-0.4, -0.2) is 42.9 Å². The van der Waals surface area contributed by atoms with Crippen molar-refractivity contribution in [3.05, 3.63) is 65.2 Å². The lowest BCUT2D eigenvalue weighted by atomic mass is 9.95. The second-order valence-electron chi connectivity index (χ2n) is 6.94. The second kappa shape index (κ2) is 8.69. The molecule has 1 heterocycles. The van der Waals surface area contributed by atoms with E-state index in [1.54, 1.807) is 24.3 Å². The van der Waals surface area contributed by atoms with Crippen molar-refractivity contribution >= 4 is 23.5 Å². The van der Waals surface area contributed by atoms with Crippen molar-refractivity contribution in [3.63, 3.8) is 0 Å². The average molecular weight is 380 g/mol. The highest BCUT2D eigenvalue weighted by Gasteiger charge is 2.28. The van der Waals surface area contributed by atoms with Crippen LogP contribution in [0.4, 0.5) is 5.69 Å². The van der Waals surface area contributed by atoms with Crippen molar-refractivity contribution in [2.75, 3.05) is 25.5 Å². The molecule has 0 bridgehead atoms. The number of likely N-dealkylation sites (tertiary alicyclic amines) is 1. The molecule has 1 N–H and O–H groups in total. The van der Waals surface area contributed by atoms with Gasteiger partial charge in [-0.2, -0.15) is 0 Å². The third-order valence-electron chi connectivity index (χ3n) is 5.08. The number of anilines is 1. The van der Waals surface area contributed by atoms with E-state index in [4.69, 9.17) is 4.74 Å². The fraction of sp³-hybridized carbons (Fsp3) is 0.318. The zero-order valence-corrected chi connectivity index (χ0v) is 16.1. The van der Waals surface area contributed by atoms with E-state index in [1.807, 2.05) is 36.1 Å². The van der Waals surface area contributed by atoms with Crippen LogP contribution in [0.1, 0.15) is 39.1 Å². The van der Waals surface area contributed by atoms with E-state index in [9.17, 15) is 14.4 Å². The van der Waals surface area contributed by atoms with Crippen LogP contribution in [0.15, 0.2) is 48.5 Å². The number of rotatable bonds is 4. The molecule has 146 valence electrons. The van der Waals surface area contributed by atoms with E-state index in [2.05, 4.69) is 5.32 Å². The Hall–Kier alpha value is -3.15. The van der Waals surface area contributed by atoms with E-state index in [1.165, 1.54) is 7.11 Å². The zero-order valence-electron chi connectivity index (χ0n) is 16.1. The van der Waals surface area contributed by atoms with E-state index in [0.717, 1.165) is 5.56 Å². The number of nitrogens with zero attached hydrogens (tertiary/aromatic N) is 1. The van der Waals surface area contributed by atoms with Crippen molar-refractivity contribution in [1.29, 1.82) is 0 Å². The van der Waals surface area contributed by atoms with Gasteiger partial charge in [0.15, 0.2) is 0 Å². The van der Waals surface area contributed by atoms with Gasteiger partial charge in [-0.25, -0.2) is 4.79 Å². The molecule has 1 aliphatic heterocycles. The predicted molar refractivity (Wildman–Crippen MR) is 106 cm³/mol. The molecule has 6 heteroatoms. The van der Waals surface area contributed by atoms with Crippen LogP contribution >= 0.6 is 0 Å². The average Bonchev–Trinajstić information content (AvgIpc) is 2.73. The maximum atomic E-state index is 12.7. The first-order chi connectivity index (χ1) is 13.5. The summed E-state index contributed by atoms with van der Waals surface area (Å²) in [6.45, 7) is 3.02. The van der Waals surface area contributed by atoms with Gasteiger partial charge < -0.3 is 15.0 Å². The number of hydrogen-bond acceptors (Lipinski definition) is 4. The molecule has 28 heavy (non-hydrogen) atoms. The molecule has 6 nitrogen and oxygen atoms in total. The van der Waals surface area contributed by atoms with Crippen molar-refractivity contribution in [2.45, 2.75) is 19.8 Å². The summed E-state index contributed by atoms with van der Waals surface area (Å²) in [7, 11) is 1.32. The van der Waals surface area contributed by atoms with Gasteiger partial charge >= 0.3 is 5.97 Å². The van der Waals surface area contributed by atoms with Gasteiger partial charge in [0.2, 0.25) is 5.91 Å². The number of amides is 2. The summed E-state index contributed by atoms with van der Waals surface area (Å²) >= 11 is 0. The number of carbonyl (C=O) groups is 3. The van der Waals surface area contributed by atoms with E-state index < -0.39 is 5.97 Å². The molecular formula is C22H24N2O4. The summed E-state index contributed by atoms with van der Waals surface area (Å²) in [5.74, 6) is -0.686. The van der Waals surface area contributed by atoms with Crippen LogP contribution in [-0.2, 0) is 9.53 Å². The van der Waals surface area contributed by atoms with Crippen molar-refractivity contribution in [2.24, 2.45) is 5.92 Å². The van der Waals surface area contributed by atoms with E-state index >= 15 is 0 Å². The minimum absolute atomic E-state index is 0.0164. The number of piperidine rings is 1. The normalized spacial score (nSPS) is 14.4. The molecule has 2 aromatic rings. The van der Waals surface area contributed by atoms with Crippen LogP contribution in [0.3, 0.4) is 0 Å². The molecule has 1 aliphatic rings. The fourth-order valence-corrected chi connectivity index (χ4v) is 3.41. The van der Waals surface area contributed by atoms with Crippen LogP contribution in [0, 0.1) is 12.8 Å². The topological polar surface area (TPSA) is 75.7 Å². The molecule has 0 saturated carbocycles. The molecule has 0 radical (unpaired) electrons. The Bertz CT molecular complexity index is 886. The van der Waals surface area contributed by atoms with Crippen molar-refractivity contribution < 1.29 is 19.1 Å². The van der Waals surface area contributed by atoms with Crippen LogP contribution in [0.5, 0.6) is 0 Å². The van der Waals surface area contributed by atoms with Gasteiger partial charge in [-0.05, 0) is 49.6 Å². The third-order valence-corrected chi connectivity index (χ3v) is 5.08. The first kappa shape index (κ1) is 19.6. The fourth-order valence-electron chi connectivity index (χ4n) is 3.41. The molecule has 0 aromatic heterocycles. The number of esters is 1. The predicted octanol–water partition coefficient (Wildman–Crippen LogP) is 3.27. The molecular weight excluding hydrogens is 356 g/mol. The number of aryl methyl sites for hydroxylation is 1. The van der Waals surface area contributed by atoms with Gasteiger partial charge in [-0.3, -0.25) is 9.59 Å². The molecule has 0 spiro atoms. The molecule has 2 aromatic carbocycles. The van der Waals surface area contributed by atoms with E-state index in [-0.39, 0.29) is 17.7 Å². The Labute approximate surface area is 164 Å². The number of carbonyl (C=O) groups excluding carboxylic acids is 3. The maximum absolute atomic E-state index is 12.7. The van der Waals surface area contributed by atoms with E-state index in [0.29, 0.717) is 42.7 Å². The minimum atomic E-state index is -0.445. The summed E-state index contributed by atoms with van der Waals surface area (Å²) in [6.07, 6.45) is 1.22. The standard InChI is InChI=1S/C22H24N2O4/c1-15-6-3-4-9-19(15)21(26)24-12-10-16(11-13-24)20(25)23-18-8-5-7-17(14-18)22(27)28-2/h3-9,14,16H,10-13H2,1-2H3,(H,23,25). The summed E-state index contributed by atoms with van der Waals surface area (Å²) in [6, 6.07) is 14.2. The van der Waals surface area contributed by atoms with Crippen LogP contribution in [0.2, 0.25) is 0 Å². The molecule has 3 rings (SSSR count). The molecule has 1 fully saturated rings. The molecule has 1 saturated heterocycles. The Morgan fingerprint density at radius 2 is 1.75 bits per heavy atom. The number of methoxy groups -OCH3 is 1. The second-order valence-corrected chi connectivity index (χ2v) is 6.94. The molecule has 0 aliphatic carbocycles. The highest BCUT2D eigenvalue weighted by molar-refractivity contribution is 5.97. The Morgan fingerprint density at radius 3 is 2.43 bits per heavy atom. The minimum Gasteiger partial charge on any atom is -0.465 e. The Kier molecular flexibility index (Phi) is 6.09. The van der Waals surface area contributed by atoms with Crippen LogP contribution < -0.4 is 5.32 Å². The first-order valence-corrected chi connectivity index (χ1v) is 9.33. The largest absolute Gasteiger partial charge is 0.465 e. The third kappa shape index (κ3) is 4.39. The quantitative estimate of drug-likeness (QED) is 0.826. The van der Waals surface area contributed by atoms with Crippen molar-refractivity contribution in [1.82, 2.24) is 4.90 Å². The van der Waals surface area contributed by atoms with Gasteiger partial charge in [0.1, 0.15) is 0 Å². The highest BCUT2D eigenvalue weighted by Crippen LogP contribution is 2.22. The van der Waals surface area contributed by atoms with Crippen LogP contribution in [0.25, 0.3) is 0 Å². The molecule has 0 atom stereocenters. The molecule has 2 amide bonds. The number of hydrogen-bond donors (Lipinski definition) is 1. The van der Waals surface area contributed by atoms with Gasteiger partial charge in [0.25, 0.3) is 5.91 Å². The number of benzene rings is 2. The van der Waals surface area contributed by atoms with Gasteiger partial charge in [-0.1, -0.05) is 24.3 Å². The summed E-state index contributed by atoms with van der Waals surface area (Å²) < 4.78 is 4.70. The SMILES string of the molecule is COC(=O)c1cccc(NC(=O)C2CCN(C(=O)c3ccccc3C)CC2)c1. The number of nitrogens with one attached hydrogen (secondary N) is 1. The highest BCUT2D eigenvalue weighted by atomic mass is 16.5. The number of ether oxygens (including phenoxy) is 1. The molecule has 0 unspecified atom stereocenters. The summed E-state index contributed by atoms with van der Waals surface area (Å²) in [5, 5.41) is 2.87. The maximum Gasteiger partial charge on any atom is 0.337 e. The lowest BCUT2D eigenvalue weighted by molar-refractivity contribution is -0.121. The van der Waals surface area contributed by atoms with Gasteiger partial charge in [0.05, 0.1) is 12.7 Å². The first-order valence-electron chi connectivity index (χ1n) is 9.33. The smallest absolute Gasteiger partial charge is 0.337 e. The Balaban J connectivity index is 1.58. The lowest BCUT2D eigenvalue weighted by Crippen LogP contribution is -2.41. The van der Waals surface area contributed by atoms with Gasteiger partial charge in [0, 0.05) is 30.3 Å². The summed E-state index contributed by atoms with van der Waals surface area (Å²) in [4.78, 5) is 38.7. The van der Waals surface area contributed by atoms with Gasteiger partial charge in [-0.15, -0.1) is 0 Å². The Morgan fingerprint density at radius 1 is 1.04 bits per heavy atom. The summed E-state index contributed by atoms with van der Waals surface area (Å²) in [5.41, 5.74) is 2.62. The monoisotopic (exact) mass is 380 g/mol. The van der Waals surface area contributed by atoms with Crippen molar-refractivity contribution in [3.8, 4) is 0 Å². The lowest BCUT2D eigenvalue weighted by Gasteiger charge is -2.31.